The van der Waals surface area contributed by atoms with Gasteiger partial charge in [-0.05, 0) is 86.6 Å². The van der Waals surface area contributed by atoms with E-state index in [0.717, 1.165) is 36.6 Å². The van der Waals surface area contributed by atoms with Gasteiger partial charge in [-0.2, -0.15) is 0 Å². The number of carbonyl (C=O) groups excluding carboxylic acids is 6. The lowest BCUT2D eigenvalue weighted by Crippen LogP contribution is -2.54. The molecule has 0 radical (unpaired) electrons. The van der Waals surface area contributed by atoms with Crippen LogP contribution >= 0.6 is 23.4 Å². The Balaban J connectivity index is 0.683. The average molecular weight is 978 g/mol. The van der Waals surface area contributed by atoms with Crippen LogP contribution in [0.5, 0.6) is 0 Å². The van der Waals surface area contributed by atoms with E-state index in [2.05, 4.69) is 43.1 Å². The molecule has 3 fully saturated rings. The number of aromatic nitrogens is 2. The summed E-state index contributed by atoms with van der Waals surface area (Å²) in [5, 5.41) is 11.9. The highest BCUT2D eigenvalue weighted by atomic mass is 35.5. The number of benzene rings is 2. The van der Waals surface area contributed by atoms with Crippen LogP contribution in [0.3, 0.4) is 0 Å². The highest BCUT2D eigenvalue weighted by molar-refractivity contribution is 7.99. The number of hydrogen-bond donors (Lipinski definition) is 6. The molecule has 68 heavy (non-hydrogen) atoms. The Kier molecular flexibility index (Phi) is 17.6. The Morgan fingerprint density at radius 1 is 0.897 bits per heavy atom. The zero-order chi connectivity index (χ0) is 48.2. The molecule has 1 unspecified atom stereocenters. The number of carbonyl (C=O) groups is 6. The molecular weight excluding hydrogens is 916 g/mol. The smallest absolute Gasteiger partial charge is 0.262 e. The van der Waals surface area contributed by atoms with Crippen molar-refractivity contribution in [1.82, 2.24) is 25.5 Å². The SMILES string of the molecule is C[C@@H]1CCC2(CCN(c3cnc(Sc4cccc(NC(=O)CCC(=O)NCCCOCCOCCOCCCNc5ccc6c(c5)C(=O)N(C5CCC(=O)NC5=O)C6=O)c4Cl)c(N)n3)CC2)[C@@H]1N. The van der Waals surface area contributed by atoms with Crippen molar-refractivity contribution < 1.29 is 43.0 Å². The number of ether oxygens (including phenoxy) is 3. The first kappa shape index (κ1) is 50.5. The normalized spacial score (nSPS) is 19.9. The minimum Gasteiger partial charge on any atom is -0.385 e. The van der Waals surface area contributed by atoms with E-state index < -0.39 is 29.7 Å². The van der Waals surface area contributed by atoms with E-state index in [9.17, 15) is 28.8 Å². The molecule has 1 aromatic heterocycles. The molecule has 3 aromatic rings. The molecule has 0 bridgehead atoms. The number of nitrogen functional groups attached to an aromatic ring is 1. The summed E-state index contributed by atoms with van der Waals surface area (Å²) in [6.45, 7) is 7.46. The monoisotopic (exact) mass is 976 g/mol. The summed E-state index contributed by atoms with van der Waals surface area (Å²) >= 11 is 7.98. The Bertz CT molecular complexity index is 2330. The summed E-state index contributed by atoms with van der Waals surface area (Å²) < 4.78 is 16.8. The third-order valence-corrected chi connectivity index (χ3v) is 14.6. The van der Waals surface area contributed by atoms with Crippen LogP contribution in [0.2, 0.25) is 5.02 Å². The van der Waals surface area contributed by atoms with Gasteiger partial charge in [0.15, 0.2) is 5.82 Å². The highest BCUT2D eigenvalue weighted by Gasteiger charge is 2.47. The molecule has 3 aliphatic heterocycles. The predicted octanol–water partition coefficient (Wildman–Crippen LogP) is 4.39. The van der Waals surface area contributed by atoms with Crippen LogP contribution in [0.4, 0.5) is 23.0 Å². The molecule has 1 spiro atoms. The van der Waals surface area contributed by atoms with Crippen molar-refractivity contribution in [2.75, 3.05) is 87.1 Å². The fourth-order valence-corrected chi connectivity index (χ4v) is 10.2. The second-order valence-electron chi connectivity index (χ2n) is 17.6. The van der Waals surface area contributed by atoms with Crippen molar-refractivity contribution in [2.45, 2.75) is 93.1 Å². The van der Waals surface area contributed by atoms with Crippen molar-refractivity contribution in [3.63, 3.8) is 0 Å². The molecule has 4 heterocycles. The van der Waals surface area contributed by atoms with E-state index >= 15 is 0 Å². The molecule has 2 aromatic carbocycles. The van der Waals surface area contributed by atoms with Crippen LogP contribution in [0.1, 0.15) is 91.8 Å². The Morgan fingerprint density at radius 3 is 2.28 bits per heavy atom. The molecule has 4 aliphatic rings. The number of anilines is 4. The highest BCUT2D eigenvalue weighted by Crippen LogP contribution is 2.48. The fourth-order valence-electron chi connectivity index (χ4n) is 9.09. The summed E-state index contributed by atoms with van der Waals surface area (Å²) in [4.78, 5) is 88.0. The molecule has 6 amide bonds. The lowest BCUT2D eigenvalue weighted by molar-refractivity contribution is -0.136. The summed E-state index contributed by atoms with van der Waals surface area (Å²) in [6, 6.07) is 9.40. The molecule has 1 saturated carbocycles. The van der Waals surface area contributed by atoms with Crippen molar-refractivity contribution in [2.24, 2.45) is 17.1 Å². The molecule has 8 N–H and O–H groups in total. The first-order valence-electron chi connectivity index (χ1n) is 23.3. The molecule has 21 heteroatoms. The number of fused-ring (bicyclic) bond motifs is 1. The van der Waals surface area contributed by atoms with Gasteiger partial charge in [-0.1, -0.05) is 36.4 Å². The van der Waals surface area contributed by atoms with Gasteiger partial charge in [0.2, 0.25) is 23.6 Å². The number of nitrogens with one attached hydrogen (secondary N) is 4. The van der Waals surface area contributed by atoms with Gasteiger partial charge in [-0.3, -0.25) is 39.0 Å². The van der Waals surface area contributed by atoms with E-state index in [1.807, 2.05) is 6.07 Å². The zero-order valence-electron chi connectivity index (χ0n) is 38.3. The third-order valence-electron chi connectivity index (χ3n) is 13.0. The largest absolute Gasteiger partial charge is 0.385 e. The van der Waals surface area contributed by atoms with Crippen molar-refractivity contribution >= 4 is 81.8 Å². The second-order valence-corrected chi connectivity index (χ2v) is 19.0. The van der Waals surface area contributed by atoms with Gasteiger partial charge in [0.1, 0.15) is 16.9 Å². The first-order chi connectivity index (χ1) is 32.8. The Hall–Kier alpha value is -5.38. The van der Waals surface area contributed by atoms with Crippen molar-refractivity contribution in [3.05, 3.63) is 58.7 Å². The number of piperidine rings is 2. The maximum atomic E-state index is 13.0. The van der Waals surface area contributed by atoms with Gasteiger partial charge >= 0.3 is 0 Å². The zero-order valence-corrected chi connectivity index (χ0v) is 39.9. The average Bonchev–Trinajstić information content (AvgIpc) is 3.74. The number of rotatable bonds is 23. The minimum absolute atomic E-state index is 0.0161. The maximum absolute atomic E-state index is 13.0. The summed E-state index contributed by atoms with van der Waals surface area (Å²) in [6.07, 6.45) is 7.63. The number of amides is 6. The predicted molar refractivity (Wildman–Crippen MR) is 256 cm³/mol. The van der Waals surface area contributed by atoms with Crippen molar-refractivity contribution in [1.29, 1.82) is 0 Å². The quantitative estimate of drug-likeness (QED) is 0.0569. The van der Waals surface area contributed by atoms with Gasteiger partial charge in [-0.15, -0.1) is 0 Å². The lowest BCUT2D eigenvalue weighted by atomic mass is 9.73. The van der Waals surface area contributed by atoms with E-state index in [0.29, 0.717) is 104 Å². The molecule has 2 saturated heterocycles. The molecular formula is C47H61ClN10O9S. The van der Waals surface area contributed by atoms with Crippen LogP contribution in [-0.4, -0.2) is 128 Å². The molecule has 1 aliphatic carbocycles. The van der Waals surface area contributed by atoms with Gasteiger partial charge in [-0.25, -0.2) is 9.97 Å². The molecule has 19 nitrogen and oxygen atoms in total. The van der Waals surface area contributed by atoms with Gasteiger partial charge < -0.3 is 46.5 Å². The summed E-state index contributed by atoms with van der Waals surface area (Å²) in [5.74, 6) is -1.14. The van der Waals surface area contributed by atoms with E-state index in [1.54, 1.807) is 36.5 Å². The topological polar surface area (TPSA) is 263 Å². The standard InChI is InChI=1S/C47H61ClN10O9S/c1-29-13-14-47(41(29)49)15-19-57(20-16-47)36-28-53-44(42(50)55-36)68-35-6-2-5-33(40(35)48)54-38(60)12-11-37(59)52-18-4-22-66-24-26-67-25-23-65-21-3-17-51-30-7-8-31-32(27-30)46(64)58(45(31)63)34-9-10-39(61)56-43(34)62/h2,5-8,27-29,34,41,51H,3-4,9-26,49H2,1H3,(H2,50,55)(H,52,59)(H,54,60)(H,56,61,62)/t29-,34?,41-/m1/s1. The summed E-state index contributed by atoms with van der Waals surface area (Å²) in [5.41, 5.74) is 14.7. The Labute approximate surface area is 404 Å². The van der Waals surface area contributed by atoms with Crippen LogP contribution in [0.15, 0.2) is 52.5 Å². The number of nitrogens with two attached hydrogens (primary N) is 2. The number of halogens is 1. The number of imide groups is 2. The van der Waals surface area contributed by atoms with Gasteiger partial charge in [0.25, 0.3) is 11.8 Å². The summed E-state index contributed by atoms with van der Waals surface area (Å²) in [7, 11) is 0. The van der Waals surface area contributed by atoms with Crippen LogP contribution in [0, 0.1) is 11.3 Å². The van der Waals surface area contributed by atoms with Crippen LogP contribution < -0.4 is 37.6 Å². The number of hydrogen-bond acceptors (Lipinski definition) is 16. The Morgan fingerprint density at radius 2 is 1.59 bits per heavy atom. The van der Waals surface area contributed by atoms with Crippen molar-refractivity contribution in [3.8, 4) is 0 Å². The van der Waals surface area contributed by atoms with Gasteiger partial charge in [0, 0.05) is 75.3 Å². The van der Waals surface area contributed by atoms with Gasteiger partial charge in [0.05, 0.1) is 54.5 Å². The van der Waals surface area contributed by atoms with E-state index in [1.165, 1.54) is 24.6 Å². The minimum atomic E-state index is -1.00. The number of nitrogens with zero attached hydrogens (tertiary/aromatic N) is 4. The van der Waals surface area contributed by atoms with E-state index in [-0.39, 0.29) is 60.1 Å². The maximum Gasteiger partial charge on any atom is 0.262 e. The molecule has 366 valence electrons. The first-order valence-corrected chi connectivity index (χ1v) is 24.5. The second kappa shape index (κ2) is 23.8. The third kappa shape index (κ3) is 12.6. The van der Waals surface area contributed by atoms with Crippen LogP contribution in [0.25, 0.3) is 0 Å². The lowest BCUT2D eigenvalue weighted by Gasteiger charge is -2.43. The van der Waals surface area contributed by atoms with Crippen LogP contribution in [-0.2, 0) is 33.4 Å². The fraction of sp³-hybridized carbons (Fsp3) is 0.532. The molecule has 3 atom stereocenters. The van der Waals surface area contributed by atoms with E-state index in [4.69, 9.17) is 37.3 Å². The molecule has 7 rings (SSSR count).